The number of H-pyrrole nitrogens is 1. The van der Waals surface area contributed by atoms with Crippen LogP contribution in [0.4, 0.5) is 0 Å². The van der Waals surface area contributed by atoms with Crippen molar-refractivity contribution >= 4 is 27.0 Å². The van der Waals surface area contributed by atoms with Crippen LogP contribution < -0.4 is 10.5 Å². The van der Waals surface area contributed by atoms with E-state index in [2.05, 4.69) is 14.7 Å². The summed E-state index contributed by atoms with van der Waals surface area (Å²) >= 11 is 0. The summed E-state index contributed by atoms with van der Waals surface area (Å²) in [4.78, 5) is 19.3. The van der Waals surface area contributed by atoms with Crippen LogP contribution in [0.2, 0.25) is 0 Å². The van der Waals surface area contributed by atoms with Crippen LogP contribution in [0.5, 0.6) is 0 Å². The van der Waals surface area contributed by atoms with Crippen molar-refractivity contribution in [2.45, 2.75) is 23.8 Å². The smallest absolute Gasteiger partial charge is 0.241 e. The van der Waals surface area contributed by atoms with E-state index in [1.54, 1.807) is 18.2 Å². The third kappa shape index (κ3) is 4.04. The number of nitrogens with one attached hydrogen (secondary N) is 2. The minimum absolute atomic E-state index is 0.0880. The Bertz CT molecular complexity index is 950. The Morgan fingerprint density at radius 3 is 2.48 bits per heavy atom. The van der Waals surface area contributed by atoms with E-state index in [1.165, 1.54) is 12.1 Å². The van der Waals surface area contributed by atoms with Crippen molar-refractivity contribution < 1.29 is 13.2 Å². The molecule has 0 aliphatic heterocycles. The molecule has 25 heavy (non-hydrogen) atoms. The van der Waals surface area contributed by atoms with E-state index in [-0.39, 0.29) is 11.3 Å². The fourth-order valence-corrected chi connectivity index (χ4v) is 3.78. The molecule has 3 rings (SSSR count). The molecule has 1 heterocycles. The monoisotopic (exact) mass is 358 g/mol. The SMILES string of the molecule is NC(=O)[C@H](CCc1nc2ccccc2[nH]1)NS(=O)(=O)c1ccccc1. The first-order valence-corrected chi connectivity index (χ1v) is 9.24. The number of aromatic nitrogens is 2. The highest BCUT2D eigenvalue weighted by atomic mass is 32.2. The van der Waals surface area contributed by atoms with Crippen molar-refractivity contribution in [1.29, 1.82) is 0 Å². The van der Waals surface area contributed by atoms with E-state index in [1.807, 2.05) is 24.3 Å². The molecular formula is C17H18N4O3S. The lowest BCUT2D eigenvalue weighted by atomic mass is 10.1. The molecule has 0 saturated heterocycles. The van der Waals surface area contributed by atoms with Gasteiger partial charge in [-0.25, -0.2) is 13.4 Å². The summed E-state index contributed by atoms with van der Waals surface area (Å²) in [5, 5.41) is 0. The summed E-state index contributed by atoms with van der Waals surface area (Å²) < 4.78 is 27.1. The standard InChI is InChI=1S/C17H18N4O3S/c18-17(22)15(21-25(23,24)12-6-2-1-3-7-12)10-11-16-19-13-8-4-5-9-14(13)20-16/h1-9,15,21H,10-11H2,(H2,18,22)(H,19,20)/t15-/m0/s1. The van der Waals surface area contributed by atoms with Crippen LogP contribution >= 0.6 is 0 Å². The third-order valence-electron chi connectivity index (χ3n) is 3.80. The Labute approximate surface area is 145 Å². The van der Waals surface area contributed by atoms with Gasteiger partial charge < -0.3 is 10.7 Å². The summed E-state index contributed by atoms with van der Waals surface area (Å²) in [6.07, 6.45) is 0.598. The Hall–Kier alpha value is -2.71. The predicted octanol–water partition coefficient (Wildman–Crippen LogP) is 1.33. The molecule has 0 radical (unpaired) electrons. The number of fused-ring (bicyclic) bond motifs is 1. The van der Waals surface area contributed by atoms with Gasteiger partial charge in [-0.05, 0) is 30.7 Å². The highest BCUT2D eigenvalue weighted by Gasteiger charge is 2.24. The Balaban J connectivity index is 1.72. The average molecular weight is 358 g/mol. The normalized spacial score (nSPS) is 13.0. The maximum atomic E-state index is 12.4. The molecule has 4 N–H and O–H groups in total. The minimum atomic E-state index is -3.81. The quantitative estimate of drug-likeness (QED) is 0.590. The van der Waals surface area contributed by atoms with E-state index in [0.29, 0.717) is 12.2 Å². The molecule has 3 aromatic rings. The second-order valence-electron chi connectivity index (χ2n) is 5.63. The number of benzene rings is 2. The molecule has 130 valence electrons. The Kier molecular flexibility index (Phi) is 4.82. The number of carbonyl (C=O) groups excluding carboxylic acids is 1. The molecule has 0 fully saturated rings. The number of amides is 1. The van der Waals surface area contributed by atoms with E-state index in [4.69, 9.17) is 5.73 Å². The predicted molar refractivity (Wildman–Crippen MR) is 94.2 cm³/mol. The van der Waals surface area contributed by atoms with Gasteiger partial charge in [0.1, 0.15) is 11.9 Å². The zero-order valence-corrected chi connectivity index (χ0v) is 14.2. The molecule has 1 atom stereocenters. The van der Waals surface area contributed by atoms with Crippen molar-refractivity contribution in [1.82, 2.24) is 14.7 Å². The largest absolute Gasteiger partial charge is 0.368 e. The van der Waals surface area contributed by atoms with Gasteiger partial charge >= 0.3 is 0 Å². The number of nitrogens with two attached hydrogens (primary N) is 1. The van der Waals surface area contributed by atoms with Gasteiger partial charge in [0.15, 0.2) is 0 Å². The van der Waals surface area contributed by atoms with Crippen LogP contribution in [-0.2, 0) is 21.2 Å². The number of hydrogen-bond donors (Lipinski definition) is 3. The number of rotatable bonds is 7. The van der Waals surface area contributed by atoms with Crippen LogP contribution in [-0.4, -0.2) is 30.3 Å². The van der Waals surface area contributed by atoms with Crippen molar-refractivity contribution in [2.75, 3.05) is 0 Å². The second kappa shape index (κ2) is 7.04. The number of aromatic amines is 1. The van der Waals surface area contributed by atoms with Gasteiger partial charge in [-0.15, -0.1) is 0 Å². The fourth-order valence-electron chi connectivity index (χ4n) is 2.52. The third-order valence-corrected chi connectivity index (χ3v) is 5.29. The first-order valence-electron chi connectivity index (χ1n) is 7.76. The van der Waals surface area contributed by atoms with Crippen molar-refractivity contribution in [2.24, 2.45) is 5.73 Å². The topological polar surface area (TPSA) is 118 Å². The first-order chi connectivity index (χ1) is 12.0. The van der Waals surface area contributed by atoms with Crippen LogP contribution in [0.1, 0.15) is 12.2 Å². The molecule has 0 aliphatic carbocycles. The second-order valence-corrected chi connectivity index (χ2v) is 7.34. The number of hydrogen-bond acceptors (Lipinski definition) is 4. The van der Waals surface area contributed by atoms with Crippen molar-refractivity contribution in [3.63, 3.8) is 0 Å². The molecule has 2 aromatic carbocycles. The van der Waals surface area contributed by atoms with E-state index in [0.717, 1.165) is 11.0 Å². The Morgan fingerprint density at radius 2 is 1.80 bits per heavy atom. The highest BCUT2D eigenvalue weighted by molar-refractivity contribution is 7.89. The van der Waals surface area contributed by atoms with Crippen molar-refractivity contribution in [3.05, 3.63) is 60.4 Å². The minimum Gasteiger partial charge on any atom is -0.368 e. The number of carbonyl (C=O) groups is 1. The highest BCUT2D eigenvalue weighted by Crippen LogP contribution is 2.13. The van der Waals surface area contributed by atoms with Crippen LogP contribution in [0.25, 0.3) is 11.0 Å². The summed E-state index contributed by atoms with van der Waals surface area (Å²) in [5.41, 5.74) is 7.07. The fraction of sp³-hybridized carbons (Fsp3) is 0.176. The molecular weight excluding hydrogens is 340 g/mol. The lowest BCUT2D eigenvalue weighted by molar-refractivity contribution is -0.119. The molecule has 0 bridgehead atoms. The van der Waals surface area contributed by atoms with Gasteiger partial charge in [0.25, 0.3) is 0 Å². The summed E-state index contributed by atoms with van der Waals surface area (Å²) in [6.45, 7) is 0. The van der Waals surface area contributed by atoms with E-state index in [9.17, 15) is 13.2 Å². The van der Waals surface area contributed by atoms with Gasteiger partial charge in [0.2, 0.25) is 15.9 Å². The van der Waals surface area contributed by atoms with E-state index < -0.39 is 22.0 Å². The summed E-state index contributed by atoms with van der Waals surface area (Å²) in [5.74, 6) is -0.0537. The number of sulfonamides is 1. The molecule has 1 aromatic heterocycles. The molecule has 8 heteroatoms. The molecule has 0 unspecified atom stereocenters. The number of imidazole rings is 1. The zero-order chi connectivity index (χ0) is 17.9. The van der Waals surface area contributed by atoms with Gasteiger partial charge in [0, 0.05) is 6.42 Å². The molecule has 0 saturated carbocycles. The van der Waals surface area contributed by atoms with E-state index >= 15 is 0 Å². The van der Waals surface area contributed by atoms with Crippen molar-refractivity contribution in [3.8, 4) is 0 Å². The van der Waals surface area contributed by atoms with Gasteiger partial charge in [0.05, 0.1) is 15.9 Å². The first kappa shape index (κ1) is 17.1. The van der Waals surface area contributed by atoms with Crippen LogP contribution in [0.15, 0.2) is 59.5 Å². The van der Waals surface area contributed by atoms with Gasteiger partial charge in [-0.3, -0.25) is 4.79 Å². The molecule has 0 aliphatic rings. The number of nitrogens with zero attached hydrogens (tertiary/aromatic N) is 1. The summed E-state index contributed by atoms with van der Waals surface area (Å²) in [7, 11) is -3.81. The van der Waals surface area contributed by atoms with Crippen LogP contribution in [0.3, 0.4) is 0 Å². The van der Waals surface area contributed by atoms with Gasteiger partial charge in [-0.2, -0.15) is 4.72 Å². The number of para-hydroxylation sites is 2. The maximum Gasteiger partial charge on any atom is 0.241 e. The molecule has 0 spiro atoms. The van der Waals surface area contributed by atoms with Gasteiger partial charge in [-0.1, -0.05) is 30.3 Å². The maximum absolute atomic E-state index is 12.4. The summed E-state index contributed by atoms with van der Waals surface area (Å²) in [6, 6.07) is 14.4. The molecule has 1 amide bonds. The van der Waals surface area contributed by atoms with Crippen LogP contribution in [0, 0.1) is 0 Å². The zero-order valence-electron chi connectivity index (χ0n) is 13.3. The molecule has 7 nitrogen and oxygen atoms in total. The number of aryl methyl sites for hydroxylation is 1. The average Bonchev–Trinajstić information content (AvgIpc) is 3.02. The lowest BCUT2D eigenvalue weighted by Gasteiger charge is -2.15. The number of primary amides is 1. The lowest BCUT2D eigenvalue weighted by Crippen LogP contribution is -2.44. The Morgan fingerprint density at radius 1 is 1.12 bits per heavy atom.